The number of aromatic nitrogens is 3. The number of hydrogen-bond acceptors (Lipinski definition) is 6. The summed E-state index contributed by atoms with van der Waals surface area (Å²) < 4.78 is 0. The van der Waals surface area contributed by atoms with Crippen LogP contribution in [0.15, 0.2) is 18.2 Å². The summed E-state index contributed by atoms with van der Waals surface area (Å²) in [7, 11) is 0. The highest BCUT2D eigenvalue weighted by Gasteiger charge is 2.15. The van der Waals surface area contributed by atoms with Gasteiger partial charge in [0.15, 0.2) is 0 Å². The minimum Gasteiger partial charge on any atom is -0.506 e. The van der Waals surface area contributed by atoms with Gasteiger partial charge in [-0.05, 0) is 13.0 Å². The number of phenolic OH excluding ortho intramolecular Hbond substituents is 1. The smallest absolute Gasteiger partial charge is 0.295 e. The van der Waals surface area contributed by atoms with Crippen LogP contribution in [-0.4, -0.2) is 31.1 Å². The van der Waals surface area contributed by atoms with Crippen LogP contribution in [0.2, 0.25) is 0 Å². The highest BCUT2D eigenvalue weighted by molar-refractivity contribution is 6.02. The number of benzene rings is 1. The molecule has 0 aliphatic rings. The highest BCUT2D eigenvalue weighted by Crippen LogP contribution is 2.27. The summed E-state index contributed by atoms with van der Waals surface area (Å²) in [4.78, 5) is 25.4. The predicted octanol–water partition coefficient (Wildman–Crippen LogP) is 0.979. The lowest BCUT2D eigenvalue weighted by Gasteiger charge is -2.04. The van der Waals surface area contributed by atoms with Crippen molar-refractivity contribution in [3.63, 3.8) is 0 Å². The van der Waals surface area contributed by atoms with Crippen molar-refractivity contribution in [2.75, 3.05) is 5.32 Å². The molecule has 3 N–H and O–H groups in total. The number of phenols is 1. The van der Waals surface area contributed by atoms with Crippen molar-refractivity contribution < 1.29 is 14.8 Å². The molecular formula is C10H9N5O4. The van der Waals surface area contributed by atoms with E-state index in [-0.39, 0.29) is 17.2 Å². The number of carbonyl (C=O) groups excluding carboxylic acids is 1. The van der Waals surface area contributed by atoms with E-state index in [2.05, 4.69) is 20.5 Å². The summed E-state index contributed by atoms with van der Waals surface area (Å²) in [6, 6.07) is 3.34. The molecule has 0 atom stereocenters. The van der Waals surface area contributed by atoms with E-state index in [0.717, 1.165) is 6.07 Å². The molecular weight excluding hydrogens is 254 g/mol. The van der Waals surface area contributed by atoms with Crippen LogP contribution in [0.3, 0.4) is 0 Å². The van der Waals surface area contributed by atoms with E-state index in [1.54, 1.807) is 6.92 Å². The third-order valence-electron chi connectivity index (χ3n) is 2.24. The van der Waals surface area contributed by atoms with Crippen LogP contribution >= 0.6 is 0 Å². The van der Waals surface area contributed by atoms with Crippen LogP contribution in [0.5, 0.6) is 5.75 Å². The first kappa shape index (κ1) is 12.5. The molecule has 0 fully saturated rings. The first-order valence-electron chi connectivity index (χ1n) is 5.15. The Bertz CT molecular complexity index is 651. The molecule has 0 bridgehead atoms. The molecule has 9 nitrogen and oxygen atoms in total. The monoisotopic (exact) mass is 263 g/mol. The number of amides is 1. The molecule has 98 valence electrons. The number of non-ortho nitro benzene ring substituents is 1. The lowest BCUT2D eigenvalue weighted by Crippen LogP contribution is -2.14. The summed E-state index contributed by atoms with van der Waals surface area (Å²) in [5.74, 6) is -0.656. The van der Waals surface area contributed by atoms with E-state index >= 15 is 0 Å². The summed E-state index contributed by atoms with van der Waals surface area (Å²) >= 11 is 0. The molecule has 0 spiro atoms. The zero-order valence-electron chi connectivity index (χ0n) is 9.75. The maximum absolute atomic E-state index is 11.7. The number of nitro benzene ring substituents is 1. The fraction of sp³-hybridized carbons (Fsp3) is 0.100. The van der Waals surface area contributed by atoms with E-state index < -0.39 is 16.6 Å². The maximum atomic E-state index is 11.7. The molecule has 0 aliphatic heterocycles. The Morgan fingerprint density at radius 3 is 2.79 bits per heavy atom. The van der Waals surface area contributed by atoms with Crippen molar-refractivity contribution >= 4 is 17.3 Å². The van der Waals surface area contributed by atoms with Crippen molar-refractivity contribution in [1.82, 2.24) is 15.2 Å². The van der Waals surface area contributed by atoms with Crippen molar-refractivity contribution in [3.8, 4) is 5.75 Å². The number of hydrogen-bond donors (Lipinski definition) is 3. The second-order valence-corrected chi connectivity index (χ2v) is 3.66. The summed E-state index contributed by atoms with van der Waals surface area (Å²) in [6.45, 7) is 1.63. The molecule has 0 saturated heterocycles. The number of anilines is 1. The molecule has 1 amide bonds. The Labute approximate surface area is 106 Å². The van der Waals surface area contributed by atoms with Crippen LogP contribution in [0, 0.1) is 17.0 Å². The second kappa shape index (κ2) is 4.72. The molecule has 1 aromatic heterocycles. The van der Waals surface area contributed by atoms with Gasteiger partial charge in [-0.15, -0.1) is 5.10 Å². The van der Waals surface area contributed by atoms with Crippen LogP contribution in [0.1, 0.15) is 16.4 Å². The zero-order valence-corrected chi connectivity index (χ0v) is 9.75. The van der Waals surface area contributed by atoms with E-state index in [1.165, 1.54) is 12.1 Å². The largest absolute Gasteiger partial charge is 0.506 e. The SMILES string of the molecule is Cc1nc(C(=O)Nc2ccc([N+](=O)[O-])cc2O)n[nH]1. The average Bonchev–Trinajstić information content (AvgIpc) is 2.78. The normalized spacial score (nSPS) is 10.2. The van der Waals surface area contributed by atoms with E-state index in [1.807, 2.05) is 0 Å². The lowest BCUT2D eigenvalue weighted by atomic mass is 10.2. The molecule has 1 aromatic carbocycles. The Morgan fingerprint density at radius 1 is 1.53 bits per heavy atom. The van der Waals surface area contributed by atoms with Gasteiger partial charge in [-0.25, -0.2) is 4.98 Å². The van der Waals surface area contributed by atoms with Crippen LogP contribution in [-0.2, 0) is 0 Å². The van der Waals surface area contributed by atoms with Crippen LogP contribution < -0.4 is 5.32 Å². The molecule has 2 rings (SSSR count). The number of nitrogens with one attached hydrogen (secondary N) is 2. The molecule has 9 heteroatoms. The Balaban J connectivity index is 2.20. The third-order valence-corrected chi connectivity index (χ3v) is 2.24. The molecule has 0 saturated carbocycles. The van der Waals surface area contributed by atoms with Gasteiger partial charge >= 0.3 is 0 Å². The number of rotatable bonds is 3. The summed E-state index contributed by atoms with van der Waals surface area (Å²) in [6.07, 6.45) is 0. The van der Waals surface area contributed by atoms with Gasteiger partial charge in [0.05, 0.1) is 16.7 Å². The molecule has 2 aromatic rings. The van der Waals surface area contributed by atoms with Crippen molar-refractivity contribution in [2.45, 2.75) is 6.92 Å². The molecule has 0 unspecified atom stereocenters. The topological polar surface area (TPSA) is 134 Å². The Hall–Kier alpha value is -2.97. The van der Waals surface area contributed by atoms with Gasteiger partial charge in [0, 0.05) is 6.07 Å². The van der Waals surface area contributed by atoms with Crippen LogP contribution in [0.4, 0.5) is 11.4 Å². The van der Waals surface area contributed by atoms with Gasteiger partial charge in [-0.3, -0.25) is 20.0 Å². The number of aryl methyl sites for hydroxylation is 1. The minimum absolute atomic E-state index is 0.0399. The molecule has 0 aliphatic carbocycles. The maximum Gasteiger partial charge on any atom is 0.295 e. The van der Waals surface area contributed by atoms with Gasteiger partial charge in [0.2, 0.25) is 5.82 Å². The minimum atomic E-state index is -0.649. The highest BCUT2D eigenvalue weighted by atomic mass is 16.6. The Kier molecular flexibility index (Phi) is 3.10. The quantitative estimate of drug-likeness (QED) is 0.429. The first-order valence-corrected chi connectivity index (χ1v) is 5.15. The zero-order chi connectivity index (χ0) is 14.0. The number of nitrogens with zero attached hydrogens (tertiary/aromatic N) is 3. The number of nitro groups is 1. The fourth-order valence-electron chi connectivity index (χ4n) is 1.36. The standard InChI is InChI=1S/C10H9N5O4/c1-5-11-9(14-13-5)10(17)12-7-3-2-6(15(18)19)4-8(7)16/h2-4,16H,1H3,(H,12,17)(H,11,13,14). The second-order valence-electron chi connectivity index (χ2n) is 3.66. The van der Waals surface area contributed by atoms with Gasteiger partial charge < -0.3 is 10.4 Å². The number of carbonyl (C=O) groups is 1. The average molecular weight is 263 g/mol. The van der Waals surface area contributed by atoms with Gasteiger partial charge in [-0.1, -0.05) is 0 Å². The van der Waals surface area contributed by atoms with E-state index in [9.17, 15) is 20.0 Å². The molecule has 0 radical (unpaired) electrons. The van der Waals surface area contributed by atoms with Crippen molar-refractivity contribution in [2.24, 2.45) is 0 Å². The van der Waals surface area contributed by atoms with Crippen LogP contribution in [0.25, 0.3) is 0 Å². The third kappa shape index (κ3) is 2.65. The first-order chi connectivity index (χ1) is 8.97. The molecule has 19 heavy (non-hydrogen) atoms. The fourth-order valence-corrected chi connectivity index (χ4v) is 1.36. The number of aromatic amines is 1. The van der Waals surface area contributed by atoms with Gasteiger partial charge in [0.1, 0.15) is 11.6 Å². The van der Waals surface area contributed by atoms with E-state index in [0.29, 0.717) is 5.82 Å². The number of H-pyrrole nitrogens is 1. The predicted molar refractivity (Wildman–Crippen MR) is 63.8 cm³/mol. The van der Waals surface area contributed by atoms with Gasteiger partial charge in [0.25, 0.3) is 11.6 Å². The molecule has 1 heterocycles. The lowest BCUT2D eigenvalue weighted by molar-refractivity contribution is -0.384. The van der Waals surface area contributed by atoms with E-state index in [4.69, 9.17) is 0 Å². The van der Waals surface area contributed by atoms with Gasteiger partial charge in [-0.2, -0.15) is 0 Å². The van der Waals surface area contributed by atoms with Crippen molar-refractivity contribution in [1.29, 1.82) is 0 Å². The van der Waals surface area contributed by atoms with Crippen molar-refractivity contribution in [3.05, 3.63) is 40.0 Å². The number of aromatic hydroxyl groups is 1. The summed E-state index contributed by atoms with van der Waals surface area (Å²) in [5, 5.41) is 28.6. The summed E-state index contributed by atoms with van der Waals surface area (Å²) in [5.41, 5.74) is -0.234. The Morgan fingerprint density at radius 2 is 2.26 bits per heavy atom.